The van der Waals surface area contributed by atoms with Crippen LogP contribution in [0.15, 0.2) is 15.7 Å². The normalized spacial score (nSPS) is 24.9. The number of piperidine rings is 1. The summed E-state index contributed by atoms with van der Waals surface area (Å²) in [5.74, 6) is 1.04. The fourth-order valence-electron chi connectivity index (χ4n) is 2.42. The van der Waals surface area contributed by atoms with Crippen LogP contribution < -0.4 is 5.32 Å². The van der Waals surface area contributed by atoms with E-state index in [9.17, 15) is 8.42 Å². The molecule has 0 radical (unpaired) electrons. The Morgan fingerprint density at radius 1 is 1.40 bits per heavy atom. The van der Waals surface area contributed by atoms with Crippen molar-refractivity contribution in [2.75, 3.05) is 19.6 Å². The summed E-state index contributed by atoms with van der Waals surface area (Å²) < 4.78 is 27.4. The highest BCUT2D eigenvalue weighted by Crippen LogP contribution is 2.30. The molecule has 4 nitrogen and oxygen atoms in total. The molecule has 1 aliphatic rings. The third-order valence-electron chi connectivity index (χ3n) is 4.10. The fraction of sp³-hybridized carbons (Fsp3) is 0.714. The van der Waals surface area contributed by atoms with Crippen LogP contribution in [0.1, 0.15) is 32.8 Å². The minimum atomic E-state index is -3.30. The monoisotopic (exact) mass is 316 g/mol. The van der Waals surface area contributed by atoms with E-state index in [1.807, 2.05) is 18.4 Å². The second-order valence-electron chi connectivity index (χ2n) is 5.66. The van der Waals surface area contributed by atoms with Gasteiger partial charge in [0.15, 0.2) is 0 Å². The molecule has 2 unspecified atom stereocenters. The molecule has 2 rings (SSSR count). The van der Waals surface area contributed by atoms with Crippen LogP contribution in [0, 0.1) is 11.8 Å². The van der Waals surface area contributed by atoms with Crippen molar-refractivity contribution in [2.45, 2.75) is 37.9 Å². The van der Waals surface area contributed by atoms with Gasteiger partial charge in [-0.2, -0.15) is 4.31 Å². The predicted molar refractivity (Wildman–Crippen MR) is 83.4 cm³/mol. The summed E-state index contributed by atoms with van der Waals surface area (Å²) >= 11 is 1.33. The topological polar surface area (TPSA) is 49.4 Å². The third-order valence-corrected chi connectivity index (χ3v) is 7.43. The molecule has 1 N–H and O–H groups in total. The molecule has 2 heterocycles. The van der Waals surface area contributed by atoms with Crippen molar-refractivity contribution in [3.05, 3.63) is 17.0 Å². The van der Waals surface area contributed by atoms with Gasteiger partial charge in [0.1, 0.15) is 4.21 Å². The van der Waals surface area contributed by atoms with Crippen LogP contribution in [-0.2, 0) is 16.6 Å². The second-order valence-corrected chi connectivity index (χ2v) is 8.74. The largest absolute Gasteiger partial charge is 0.313 e. The Morgan fingerprint density at radius 2 is 2.15 bits per heavy atom. The van der Waals surface area contributed by atoms with Crippen molar-refractivity contribution >= 4 is 21.4 Å². The second kappa shape index (κ2) is 6.56. The maximum atomic E-state index is 12.6. The van der Waals surface area contributed by atoms with Gasteiger partial charge in [-0.25, -0.2) is 8.42 Å². The maximum absolute atomic E-state index is 12.6. The van der Waals surface area contributed by atoms with Crippen molar-refractivity contribution in [2.24, 2.45) is 11.8 Å². The summed E-state index contributed by atoms with van der Waals surface area (Å²) in [7, 11) is -3.30. The number of hydrogen-bond donors (Lipinski definition) is 1. The number of nitrogens with zero attached hydrogens (tertiary/aromatic N) is 1. The minimum absolute atomic E-state index is 0.430. The average Bonchev–Trinajstić information content (AvgIpc) is 2.89. The van der Waals surface area contributed by atoms with Crippen molar-refractivity contribution in [3.8, 4) is 0 Å². The predicted octanol–water partition coefficient (Wildman–Crippen LogP) is 2.52. The van der Waals surface area contributed by atoms with Gasteiger partial charge in [0.2, 0.25) is 0 Å². The molecule has 0 saturated carbocycles. The van der Waals surface area contributed by atoms with Crippen LogP contribution in [-0.4, -0.2) is 32.4 Å². The first-order chi connectivity index (χ1) is 9.45. The zero-order valence-corrected chi connectivity index (χ0v) is 14.1. The van der Waals surface area contributed by atoms with Crippen LogP contribution in [0.4, 0.5) is 0 Å². The van der Waals surface area contributed by atoms with Crippen molar-refractivity contribution in [1.82, 2.24) is 9.62 Å². The summed E-state index contributed by atoms with van der Waals surface area (Å²) in [5.41, 5.74) is 1.05. The highest BCUT2D eigenvalue weighted by molar-refractivity contribution is 7.91. The lowest BCUT2D eigenvalue weighted by atomic mass is 9.90. The number of thiophene rings is 1. The Kier molecular flexibility index (Phi) is 5.23. The summed E-state index contributed by atoms with van der Waals surface area (Å²) in [5, 5.41) is 5.16. The van der Waals surface area contributed by atoms with Gasteiger partial charge in [0, 0.05) is 19.6 Å². The van der Waals surface area contributed by atoms with E-state index in [2.05, 4.69) is 19.2 Å². The molecule has 20 heavy (non-hydrogen) atoms. The Morgan fingerprint density at radius 3 is 2.80 bits per heavy atom. The first-order valence-electron chi connectivity index (χ1n) is 7.23. The van der Waals surface area contributed by atoms with Gasteiger partial charge < -0.3 is 5.32 Å². The lowest BCUT2D eigenvalue weighted by molar-refractivity contribution is 0.213. The van der Waals surface area contributed by atoms with E-state index in [0.29, 0.717) is 29.1 Å². The van der Waals surface area contributed by atoms with Crippen LogP contribution in [0.3, 0.4) is 0 Å². The van der Waals surface area contributed by atoms with Crippen molar-refractivity contribution < 1.29 is 8.42 Å². The summed E-state index contributed by atoms with van der Waals surface area (Å²) in [6.07, 6.45) is 0.954. The molecule has 114 valence electrons. The average molecular weight is 316 g/mol. The van der Waals surface area contributed by atoms with E-state index in [0.717, 1.165) is 25.1 Å². The lowest BCUT2D eigenvalue weighted by Crippen LogP contribution is -2.41. The van der Waals surface area contributed by atoms with Gasteiger partial charge in [0.25, 0.3) is 10.0 Å². The molecule has 6 heteroatoms. The molecule has 0 aromatic carbocycles. The van der Waals surface area contributed by atoms with Crippen molar-refractivity contribution in [3.63, 3.8) is 0 Å². The van der Waals surface area contributed by atoms with Gasteiger partial charge in [-0.05, 0) is 41.8 Å². The lowest BCUT2D eigenvalue weighted by Gasteiger charge is -2.34. The molecule has 0 bridgehead atoms. The van der Waals surface area contributed by atoms with E-state index in [4.69, 9.17) is 0 Å². The quantitative estimate of drug-likeness (QED) is 0.908. The van der Waals surface area contributed by atoms with Crippen LogP contribution >= 0.6 is 11.3 Å². The summed E-state index contributed by atoms with van der Waals surface area (Å²) in [6.45, 7) is 9.29. The third kappa shape index (κ3) is 3.42. The van der Waals surface area contributed by atoms with Gasteiger partial charge >= 0.3 is 0 Å². The highest BCUT2D eigenvalue weighted by atomic mass is 32.2. The molecule has 1 aromatic rings. The molecular weight excluding hydrogens is 292 g/mol. The Bertz CT molecular complexity index is 539. The molecule has 1 saturated heterocycles. The standard InChI is InChI=1S/C14H24N2O2S2/c1-4-15-8-13-7-14(19-10-13)20(17,18)16-6-5-11(2)12(3)9-16/h7,10-12,15H,4-6,8-9H2,1-3H3. The van der Waals surface area contributed by atoms with E-state index in [1.165, 1.54) is 11.3 Å². The molecule has 0 amide bonds. The maximum Gasteiger partial charge on any atom is 0.252 e. The van der Waals surface area contributed by atoms with Gasteiger partial charge in [-0.1, -0.05) is 20.8 Å². The smallest absolute Gasteiger partial charge is 0.252 e. The Hall–Kier alpha value is -0.430. The van der Waals surface area contributed by atoms with E-state index in [1.54, 1.807) is 4.31 Å². The molecule has 1 aromatic heterocycles. The number of rotatable bonds is 5. The Labute approximate surface area is 126 Å². The molecule has 1 fully saturated rings. The fourth-order valence-corrected chi connectivity index (χ4v) is 5.34. The summed E-state index contributed by atoms with van der Waals surface area (Å²) in [6, 6.07) is 1.81. The van der Waals surface area contributed by atoms with Gasteiger partial charge in [0.05, 0.1) is 0 Å². The first-order valence-corrected chi connectivity index (χ1v) is 9.55. The molecule has 0 aliphatic carbocycles. The first kappa shape index (κ1) is 15.9. The molecule has 0 spiro atoms. The number of nitrogens with one attached hydrogen (secondary N) is 1. The van der Waals surface area contributed by atoms with Gasteiger partial charge in [-0.15, -0.1) is 11.3 Å². The zero-order valence-electron chi connectivity index (χ0n) is 12.4. The van der Waals surface area contributed by atoms with Gasteiger partial charge in [-0.3, -0.25) is 0 Å². The molecule has 1 aliphatic heterocycles. The van der Waals surface area contributed by atoms with Crippen molar-refractivity contribution in [1.29, 1.82) is 0 Å². The van der Waals surface area contributed by atoms with E-state index >= 15 is 0 Å². The van der Waals surface area contributed by atoms with Crippen LogP contribution in [0.25, 0.3) is 0 Å². The zero-order chi connectivity index (χ0) is 14.8. The number of hydrogen-bond acceptors (Lipinski definition) is 4. The van der Waals surface area contributed by atoms with E-state index < -0.39 is 10.0 Å². The Balaban J connectivity index is 2.12. The molecule has 2 atom stereocenters. The molecular formula is C14H24N2O2S2. The van der Waals surface area contributed by atoms with Crippen LogP contribution in [0.5, 0.6) is 0 Å². The number of sulfonamides is 1. The highest BCUT2D eigenvalue weighted by Gasteiger charge is 2.32. The summed E-state index contributed by atoms with van der Waals surface area (Å²) in [4.78, 5) is 0. The van der Waals surface area contributed by atoms with Crippen LogP contribution in [0.2, 0.25) is 0 Å². The minimum Gasteiger partial charge on any atom is -0.313 e. The van der Waals surface area contributed by atoms with E-state index in [-0.39, 0.29) is 0 Å². The SMILES string of the molecule is CCNCc1csc(S(=O)(=O)N2CCC(C)C(C)C2)c1.